The molecule has 2 rings (SSSR count). The zero-order valence-electron chi connectivity index (χ0n) is 16.3. The van der Waals surface area contributed by atoms with Crippen molar-refractivity contribution in [2.24, 2.45) is 11.8 Å². The Hall–Kier alpha value is -0.610. The molecule has 0 bridgehead atoms. The number of esters is 1. The first-order valence-electron chi connectivity index (χ1n) is 10.8. The van der Waals surface area contributed by atoms with E-state index < -0.39 is 0 Å². The minimum absolute atomic E-state index is 0.115. The Morgan fingerprint density at radius 1 is 0.960 bits per heavy atom. The molecule has 0 aromatic rings. The van der Waals surface area contributed by atoms with E-state index in [0.717, 1.165) is 31.4 Å². The third-order valence-electron chi connectivity index (χ3n) is 5.85. The Bertz CT molecular complexity index is 347. The van der Waals surface area contributed by atoms with Crippen LogP contribution in [0.15, 0.2) is 0 Å². The molecule has 2 aliphatic rings. The number of nitrogens with one attached hydrogen (secondary N) is 1. The van der Waals surface area contributed by atoms with E-state index in [1.165, 1.54) is 64.2 Å². The van der Waals surface area contributed by atoms with E-state index in [0.29, 0.717) is 25.7 Å². The SMILES string of the molecule is CCOC(=O)CCNCCCOC1CCC(CC2CCCCC2)CC1. The van der Waals surface area contributed by atoms with Crippen molar-refractivity contribution in [1.82, 2.24) is 5.32 Å². The Morgan fingerprint density at radius 2 is 1.68 bits per heavy atom. The average molecular weight is 354 g/mol. The second-order valence-electron chi connectivity index (χ2n) is 7.91. The van der Waals surface area contributed by atoms with Gasteiger partial charge in [0.25, 0.3) is 0 Å². The fraction of sp³-hybridized carbons (Fsp3) is 0.952. The largest absolute Gasteiger partial charge is 0.466 e. The molecule has 1 N–H and O–H groups in total. The van der Waals surface area contributed by atoms with Crippen LogP contribution in [0.5, 0.6) is 0 Å². The fourth-order valence-electron chi connectivity index (χ4n) is 4.42. The Morgan fingerprint density at radius 3 is 2.40 bits per heavy atom. The molecular formula is C21H39NO3. The molecule has 2 aliphatic carbocycles. The van der Waals surface area contributed by atoms with Crippen molar-refractivity contribution in [2.75, 3.05) is 26.3 Å². The minimum Gasteiger partial charge on any atom is -0.466 e. The second-order valence-corrected chi connectivity index (χ2v) is 7.91. The topological polar surface area (TPSA) is 47.6 Å². The van der Waals surface area contributed by atoms with Gasteiger partial charge in [-0.1, -0.05) is 32.1 Å². The maximum absolute atomic E-state index is 11.2. The predicted molar refractivity (Wildman–Crippen MR) is 102 cm³/mol. The van der Waals surface area contributed by atoms with Crippen molar-refractivity contribution in [3.63, 3.8) is 0 Å². The van der Waals surface area contributed by atoms with Crippen molar-refractivity contribution in [2.45, 2.75) is 90.1 Å². The molecule has 0 atom stereocenters. The summed E-state index contributed by atoms with van der Waals surface area (Å²) >= 11 is 0. The van der Waals surface area contributed by atoms with Crippen molar-refractivity contribution in [3.8, 4) is 0 Å². The van der Waals surface area contributed by atoms with Crippen LogP contribution >= 0.6 is 0 Å². The van der Waals surface area contributed by atoms with Crippen LogP contribution in [0, 0.1) is 11.8 Å². The van der Waals surface area contributed by atoms with Crippen LogP contribution in [0.2, 0.25) is 0 Å². The maximum Gasteiger partial charge on any atom is 0.307 e. The van der Waals surface area contributed by atoms with E-state index in [1.54, 1.807) is 0 Å². The molecule has 0 saturated heterocycles. The van der Waals surface area contributed by atoms with Gasteiger partial charge in [-0.3, -0.25) is 4.79 Å². The van der Waals surface area contributed by atoms with Crippen molar-refractivity contribution in [3.05, 3.63) is 0 Å². The number of hydrogen-bond acceptors (Lipinski definition) is 4. The number of ether oxygens (including phenoxy) is 2. The van der Waals surface area contributed by atoms with E-state index in [-0.39, 0.29) is 5.97 Å². The van der Waals surface area contributed by atoms with E-state index in [1.807, 2.05) is 6.92 Å². The maximum atomic E-state index is 11.2. The highest BCUT2D eigenvalue weighted by atomic mass is 16.5. The average Bonchev–Trinajstić information content (AvgIpc) is 2.63. The molecule has 4 heteroatoms. The van der Waals surface area contributed by atoms with Crippen molar-refractivity contribution >= 4 is 5.97 Å². The highest BCUT2D eigenvalue weighted by Gasteiger charge is 2.24. The minimum atomic E-state index is -0.115. The molecule has 0 aromatic heterocycles. The first-order valence-corrected chi connectivity index (χ1v) is 10.8. The van der Waals surface area contributed by atoms with Crippen LogP contribution in [0.4, 0.5) is 0 Å². The van der Waals surface area contributed by atoms with Gasteiger partial charge >= 0.3 is 5.97 Å². The van der Waals surface area contributed by atoms with Crippen LogP contribution in [-0.4, -0.2) is 38.4 Å². The van der Waals surface area contributed by atoms with Crippen LogP contribution in [0.1, 0.15) is 84.0 Å². The van der Waals surface area contributed by atoms with Crippen molar-refractivity contribution in [1.29, 1.82) is 0 Å². The summed E-state index contributed by atoms with van der Waals surface area (Å²) in [5, 5.41) is 3.28. The van der Waals surface area contributed by atoms with Gasteiger partial charge in [0.2, 0.25) is 0 Å². The van der Waals surface area contributed by atoms with Gasteiger partial charge in [-0.25, -0.2) is 0 Å². The molecular weight excluding hydrogens is 314 g/mol. The molecule has 4 nitrogen and oxygen atoms in total. The molecule has 0 aliphatic heterocycles. The molecule has 0 aromatic carbocycles. The number of hydrogen-bond donors (Lipinski definition) is 1. The monoisotopic (exact) mass is 353 g/mol. The molecule has 2 saturated carbocycles. The quantitative estimate of drug-likeness (QED) is 0.440. The third kappa shape index (κ3) is 9.05. The highest BCUT2D eigenvalue weighted by Crippen LogP contribution is 2.35. The Balaban J connectivity index is 1.41. The van der Waals surface area contributed by atoms with Crippen LogP contribution in [-0.2, 0) is 14.3 Å². The number of carbonyl (C=O) groups is 1. The lowest BCUT2D eigenvalue weighted by atomic mass is 9.77. The fourth-order valence-corrected chi connectivity index (χ4v) is 4.42. The van der Waals surface area contributed by atoms with Crippen LogP contribution in [0.25, 0.3) is 0 Å². The number of rotatable bonds is 11. The summed E-state index contributed by atoms with van der Waals surface area (Å²) < 4.78 is 11.0. The standard InChI is InChI=1S/C21H39NO3/c1-2-24-21(23)13-15-22-14-6-16-25-20-11-9-19(10-12-20)17-18-7-4-3-5-8-18/h18-20,22H,2-17H2,1H3. The van der Waals surface area contributed by atoms with E-state index in [9.17, 15) is 4.79 Å². The third-order valence-corrected chi connectivity index (χ3v) is 5.85. The smallest absolute Gasteiger partial charge is 0.307 e. The van der Waals surface area contributed by atoms with E-state index in [2.05, 4.69) is 5.32 Å². The second kappa shape index (κ2) is 12.7. The summed E-state index contributed by atoms with van der Waals surface area (Å²) in [7, 11) is 0. The molecule has 0 amide bonds. The molecule has 0 heterocycles. The lowest BCUT2D eigenvalue weighted by Gasteiger charge is -2.32. The zero-order chi connectivity index (χ0) is 17.7. The first-order chi connectivity index (χ1) is 12.3. The van der Waals surface area contributed by atoms with Crippen LogP contribution in [0.3, 0.4) is 0 Å². The van der Waals surface area contributed by atoms with Crippen molar-refractivity contribution < 1.29 is 14.3 Å². The summed E-state index contributed by atoms with van der Waals surface area (Å²) in [6, 6.07) is 0. The molecule has 0 spiro atoms. The summed E-state index contributed by atoms with van der Waals surface area (Å²) in [5.74, 6) is 1.88. The summed E-state index contributed by atoms with van der Waals surface area (Å²) in [4.78, 5) is 11.2. The summed E-state index contributed by atoms with van der Waals surface area (Å²) in [6.45, 7) is 4.76. The first kappa shape index (κ1) is 20.7. The highest BCUT2D eigenvalue weighted by molar-refractivity contribution is 5.69. The van der Waals surface area contributed by atoms with Gasteiger partial charge < -0.3 is 14.8 Å². The van der Waals surface area contributed by atoms with E-state index in [4.69, 9.17) is 9.47 Å². The predicted octanol–water partition coefficient (Wildman–Crippen LogP) is 4.47. The van der Waals surface area contributed by atoms with Gasteiger partial charge in [0.1, 0.15) is 0 Å². The van der Waals surface area contributed by atoms with Gasteiger partial charge in [0, 0.05) is 13.2 Å². The van der Waals surface area contributed by atoms with Crippen LogP contribution < -0.4 is 5.32 Å². The summed E-state index contributed by atoms with van der Waals surface area (Å²) in [6.07, 6.45) is 16.1. The van der Waals surface area contributed by atoms with E-state index >= 15 is 0 Å². The molecule has 146 valence electrons. The molecule has 0 unspecified atom stereocenters. The van der Waals surface area contributed by atoms with Gasteiger partial charge in [-0.05, 0) is 63.8 Å². The molecule has 25 heavy (non-hydrogen) atoms. The zero-order valence-corrected chi connectivity index (χ0v) is 16.3. The van der Waals surface area contributed by atoms with Gasteiger partial charge in [0.15, 0.2) is 0 Å². The summed E-state index contributed by atoms with van der Waals surface area (Å²) in [5.41, 5.74) is 0. The Kier molecular flexibility index (Phi) is 10.5. The van der Waals surface area contributed by atoms with Gasteiger partial charge in [-0.15, -0.1) is 0 Å². The normalized spacial score (nSPS) is 25.0. The lowest BCUT2D eigenvalue weighted by Crippen LogP contribution is -2.25. The van der Waals surface area contributed by atoms with Gasteiger partial charge in [-0.2, -0.15) is 0 Å². The van der Waals surface area contributed by atoms with Gasteiger partial charge in [0.05, 0.1) is 19.1 Å². The molecule has 0 radical (unpaired) electrons. The molecule has 2 fully saturated rings. The Labute approximate surface area is 154 Å². The lowest BCUT2D eigenvalue weighted by molar-refractivity contribution is -0.142. The number of carbonyl (C=O) groups excluding carboxylic acids is 1.